The zero-order chi connectivity index (χ0) is 20.0. The van der Waals surface area contributed by atoms with Gasteiger partial charge in [0.15, 0.2) is 0 Å². The van der Waals surface area contributed by atoms with Gasteiger partial charge < -0.3 is 10.1 Å². The summed E-state index contributed by atoms with van der Waals surface area (Å²) in [4.78, 5) is 34.2. The Morgan fingerprint density at radius 2 is 1.85 bits per heavy atom. The van der Waals surface area contributed by atoms with E-state index in [0.29, 0.717) is 21.2 Å². The van der Waals surface area contributed by atoms with Gasteiger partial charge in [-0.05, 0) is 36.2 Å². The van der Waals surface area contributed by atoms with E-state index in [-0.39, 0.29) is 30.8 Å². The van der Waals surface area contributed by atoms with Crippen molar-refractivity contribution in [3.8, 4) is 0 Å². The molecule has 7 nitrogen and oxygen atoms in total. The largest absolute Gasteiger partial charge is 0.461 e. The highest BCUT2D eigenvalue weighted by molar-refractivity contribution is 6.42. The zero-order valence-electron chi connectivity index (χ0n) is 14.3. The molecule has 142 valence electrons. The second-order valence-corrected chi connectivity index (χ2v) is 6.55. The Kier molecular flexibility index (Phi) is 7.15. The molecule has 0 heterocycles. The van der Waals surface area contributed by atoms with Gasteiger partial charge in [-0.15, -0.1) is 0 Å². The van der Waals surface area contributed by atoms with Crippen molar-refractivity contribution in [1.82, 2.24) is 0 Å². The summed E-state index contributed by atoms with van der Waals surface area (Å²) in [5, 5.41) is 14.2. The normalized spacial score (nSPS) is 10.3. The van der Waals surface area contributed by atoms with Gasteiger partial charge in [-0.1, -0.05) is 35.3 Å². The number of hydrogen-bond donors (Lipinski definition) is 1. The Labute approximate surface area is 165 Å². The zero-order valence-corrected chi connectivity index (χ0v) is 15.8. The second-order valence-electron chi connectivity index (χ2n) is 5.74. The third-order valence-electron chi connectivity index (χ3n) is 3.56. The number of nitro groups is 1. The number of nitro benzene ring substituents is 1. The standard InChI is InChI=1S/C18H16Cl2N2O5/c1-11-2-5-15(16(8-11)22(25)26)21-17(23)6-7-18(24)27-10-12-3-4-13(19)14(20)9-12/h2-5,8-9H,6-7,10H2,1H3,(H,21,23). The maximum atomic E-state index is 12.0. The van der Waals surface area contributed by atoms with Crippen LogP contribution < -0.4 is 5.32 Å². The van der Waals surface area contributed by atoms with E-state index >= 15 is 0 Å². The summed E-state index contributed by atoms with van der Waals surface area (Å²) in [6, 6.07) is 9.31. The minimum Gasteiger partial charge on any atom is -0.461 e. The van der Waals surface area contributed by atoms with Gasteiger partial charge in [0.1, 0.15) is 12.3 Å². The molecule has 0 bridgehead atoms. The van der Waals surface area contributed by atoms with Gasteiger partial charge in [0.25, 0.3) is 5.69 Å². The Morgan fingerprint density at radius 1 is 1.11 bits per heavy atom. The molecule has 0 fully saturated rings. The predicted octanol–water partition coefficient (Wildman–Crippen LogP) is 4.67. The second kappa shape index (κ2) is 9.34. The average Bonchev–Trinajstić information content (AvgIpc) is 2.62. The van der Waals surface area contributed by atoms with Crippen LogP contribution in [-0.4, -0.2) is 16.8 Å². The minimum absolute atomic E-state index is 0.000769. The van der Waals surface area contributed by atoms with Crippen LogP contribution in [0.4, 0.5) is 11.4 Å². The fourth-order valence-corrected chi connectivity index (χ4v) is 2.51. The van der Waals surface area contributed by atoms with Crippen molar-refractivity contribution in [2.75, 3.05) is 5.32 Å². The molecule has 0 saturated heterocycles. The minimum atomic E-state index is -0.575. The predicted molar refractivity (Wildman–Crippen MR) is 102 cm³/mol. The lowest BCUT2D eigenvalue weighted by Crippen LogP contribution is -2.15. The van der Waals surface area contributed by atoms with E-state index in [1.807, 2.05) is 0 Å². The van der Waals surface area contributed by atoms with Crippen molar-refractivity contribution in [1.29, 1.82) is 0 Å². The lowest BCUT2D eigenvalue weighted by molar-refractivity contribution is -0.384. The molecule has 27 heavy (non-hydrogen) atoms. The first kappa shape index (κ1) is 20.7. The molecule has 2 aromatic rings. The van der Waals surface area contributed by atoms with Crippen LogP contribution in [-0.2, 0) is 20.9 Å². The van der Waals surface area contributed by atoms with E-state index in [1.165, 1.54) is 12.1 Å². The van der Waals surface area contributed by atoms with Crippen molar-refractivity contribution in [3.05, 3.63) is 67.7 Å². The summed E-state index contributed by atoms with van der Waals surface area (Å²) in [5.41, 5.74) is 1.24. The van der Waals surface area contributed by atoms with E-state index in [9.17, 15) is 19.7 Å². The number of nitrogens with zero attached hydrogens (tertiary/aromatic N) is 1. The number of carbonyl (C=O) groups excluding carboxylic acids is 2. The van der Waals surface area contributed by atoms with Crippen LogP contribution >= 0.6 is 23.2 Å². The van der Waals surface area contributed by atoms with Crippen molar-refractivity contribution < 1.29 is 19.2 Å². The number of hydrogen-bond acceptors (Lipinski definition) is 5. The molecule has 0 aliphatic rings. The van der Waals surface area contributed by atoms with Crippen molar-refractivity contribution >= 4 is 46.5 Å². The van der Waals surface area contributed by atoms with Gasteiger partial charge in [-0.25, -0.2) is 0 Å². The van der Waals surface area contributed by atoms with Crippen LogP contribution in [0.1, 0.15) is 24.0 Å². The molecule has 1 amide bonds. The van der Waals surface area contributed by atoms with Gasteiger partial charge in [0.05, 0.1) is 21.4 Å². The smallest absolute Gasteiger partial charge is 0.306 e. The summed E-state index contributed by atoms with van der Waals surface area (Å²) in [5.74, 6) is -1.09. The molecule has 0 aliphatic carbocycles. The quantitative estimate of drug-likeness (QED) is 0.406. The molecule has 0 unspecified atom stereocenters. The Hall–Kier alpha value is -2.64. The van der Waals surface area contributed by atoms with E-state index in [0.717, 1.165) is 0 Å². The molecule has 0 aliphatic heterocycles. The number of amides is 1. The number of ether oxygens (including phenoxy) is 1. The van der Waals surface area contributed by atoms with Crippen LogP contribution in [0.15, 0.2) is 36.4 Å². The molecule has 1 N–H and O–H groups in total. The lowest BCUT2D eigenvalue weighted by Gasteiger charge is -2.08. The van der Waals surface area contributed by atoms with Crippen molar-refractivity contribution in [2.24, 2.45) is 0 Å². The summed E-state index contributed by atoms with van der Waals surface area (Å²) < 4.78 is 5.07. The highest BCUT2D eigenvalue weighted by atomic mass is 35.5. The maximum absolute atomic E-state index is 12.0. The number of esters is 1. The molecular formula is C18H16Cl2N2O5. The van der Waals surface area contributed by atoms with Crippen LogP contribution in [0.5, 0.6) is 0 Å². The van der Waals surface area contributed by atoms with Crippen LogP contribution in [0.25, 0.3) is 0 Å². The number of rotatable bonds is 7. The van der Waals surface area contributed by atoms with Gasteiger partial charge in [-0.2, -0.15) is 0 Å². The van der Waals surface area contributed by atoms with Crippen molar-refractivity contribution in [3.63, 3.8) is 0 Å². The topological polar surface area (TPSA) is 98.5 Å². The molecule has 2 aromatic carbocycles. The van der Waals surface area contributed by atoms with Gasteiger partial charge in [0.2, 0.25) is 5.91 Å². The van der Waals surface area contributed by atoms with Gasteiger partial charge in [0, 0.05) is 12.5 Å². The molecule has 0 atom stereocenters. The van der Waals surface area contributed by atoms with E-state index in [1.54, 1.807) is 31.2 Å². The maximum Gasteiger partial charge on any atom is 0.306 e. The lowest BCUT2D eigenvalue weighted by atomic mass is 10.2. The first-order chi connectivity index (χ1) is 12.8. The number of nitrogens with one attached hydrogen (secondary N) is 1. The summed E-state index contributed by atoms with van der Waals surface area (Å²) in [7, 11) is 0. The third-order valence-corrected chi connectivity index (χ3v) is 4.30. The van der Waals surface area contributed by atoms with E-state index in [2.05, 4.69) is 5.32 Å². The number of carbonyl (C=O) groups is 2. The summed E-state index contributed by atoms with van der Waals surface area (Å²) >= 11 is 11.7. The van der Waals surface area contributed by atoms with Crippen molar-refractivity contribution in [2.45, 2.75) is 26.4 Å². The van der Waals surface area contributed by atoms with E-state index in [4.69, 9.17) is 27.9 Å². The number of halogens is 2. The number of anilines is 1. The van der Waals surface area contributed by atoms with Crippen LogP contribution in [0.2, 0.25) is 10.0 Å². The highest BCUT2D eigenvalue weighted by Crippen LogP contribution is 2.25. The fourth-order valence-electron chi connectivity index (χ4n) is 2.19. The molecule has 9 heteroatoms. The Bertz CT molecular complexity index is 886. The van der Waals surface area contributed by atoms with Crippen LogP contribution in [0, 0.1) is 17.0 Å². The van der Waals surface area contributed by atoms with Crippen LogP contribution in [0.3, 0.4) is 0 Å². The first-order valence-corrected chi connectivity index (χ1v) is 8.66. The molecular weight excluding hydrogens is 395 g/mol. The summed E-state index contributed by atoms with van der Waals surface area (Å²) in [6.45, 7) is 1.71. The average molecular weight is 411 g/mol. The fraction of sp³-hybridized carbons (Fsp3) is 0.222. The monoisotopic (exact) mass is 410 g/mol. The SMILES string of the molecule is Cc1ccc(NC(=O)CCC(=O)OCc2ccc(Cl)c(Cl)c2)c([N+](=O)[O-])c1. The molecule has 2 rings (SSSR count). The third kappa shape index (κ3) is 6.23. The first-order valence-electron chi connectivity index (χ1n) is 7.90. The molecule has 0 radical (unpaired) electrons. The van der Waals surface area contributed by atoms with Gasteiger partial charge >= 0.3 is 5.97 Å². The highest BCUT2D eigenvalue weighted by Gasteiger charge is 2.17. The summed E-state index contributed by atoms with van der Waals surface area (Å²) in [6.07, 6.45) is -0.321. The molecule has 0 saturated carbocycles. The Balaban J connectivity index is 1.84. The van der Waals surface area contributed by atoms with Gasteiger partial charge in [-0.3, -0.25) is 19.7 Å². The molecule has 0 aromatic heterocycles. The van der Waals surface area contributed by atoms with E-state index < -0.39 is 16.8 Å². The molecule has 0 spiro atoms. The number of aryl methyl sites for hydroxylation is 1. The Morgan fingerprint density at radius 3 is 2.52 bits per heavy atom. The number of benzene rings is 2.